The summed E-state index contributed by atoms with van der Waals surface area (Å²) in [6, 6.07) is 7.52. The van der Waals surface area contributed by atoms with Crippen LogP contribution < -0.4 is 10.6 Å². The highest BCUT2D eigenvalue weighted by atomic mass is 35.5. The number of aliphatic hydroxyl groups excluding tert-OH is 1. The van der Waals surface area contributed by atoms with Crippen molar-refractivity contribution in [2.45, 2.75) is 36.8 Å². The van der Waals surface area contributed by atoms with Crippen LogP contribution in [0.4, 0.5) is 0 Å². The number of amides is 1. The SMILES string of the molecule is O=C(NCC1(c2ccccc2Cl)CCOCC1)C1CC(O)CN1. The van der Waals surface area contributed by atoms with E-state index in [2.05, 4.69) is 10.6 Å². The molecule has 0 radical (unpaired) electrons. The van der Waals surface area contributed by atoms with Gasteiger partial charge in [0.05, 0.1) is 12.1 Å². The Bertz CT molecular complexity index is 561. The van der Waals surface area contributed by atoms with Gasteiger partial charge < -0.3 is 20.5 Å². The molecule has 2 saturated heterocycles. The highest BCUT2D eigenvalue weighted by Crippen LogP contribution is 2.38. The smallest absolute Gasteiger partial charge is 0.237 e. The molecule has 126 valence electrons. The molecule has 5 nitrogen and oxygen atoms in total. The number of hydrogen-bond acceptors (Lipinski definition) is 4. The summed E-state index contributed by atoms with van der Waals surface area (Å²) in [6.07, 6.45) is 1.69. The lowest BCUT2D eigenvalue weighted by Gasteiger charge is -2.38. The Labute approximate surface area is 141 Å². The van der Waals surface area contributed by atoms with Crippen molar-refractivity contribution in [1.82, 2.24) is 10.6 Å². The summed E-state index contributed by atoms with van der Waals surface area (Å²) in [5, 5.41) is 16.4. The fraction of sp³-hybridized carbons (Fsp3) is 0.588. The van der Waals surface area contributed by atoms with Gasteiger partial charge in [-0.1, -0.05) is 29.8 Å². The largest absolute Gasteiger partial charge is 0.392 e. The molecule has 0 aliphatic carbocycles. The number of halogens is 1. The van der Waals surface area contributed by atoms with Gasteiger partial charge in [0.2, 0.25) is 5.91 Å². The summed E-state index contributed by atoms with van der Waals surface area (Å²) < 4.78 is 5.51. The third-order valence-corrected chi connectivity index (χ3v) is 5.25. The van der Waals surface area contributed by atoms with Crippen LogP contribution in [0.15, 0.2) is 24.3 Å². The van der Waals surface area contributed by atoms with Crippen LogP contribution in [0.1, 0.15) is 24.8 Å². The van der Waals surface area contributed by atoms with E-state index in [-0.39, 0.29) is 17.4 Å². The third kappa shape index (κ3) is 3.69. The average molecular weight is 339 g/mol. The summed E-state index contributed by atoms with van der Waals surface area (Å²) in [6.45, 7) is 2.34. The van der Waals surface area contributed by atoms with Gasteiger partial charge in [-0.05, 0) is 30.9 Å². The number of benzene rings is 1. The minimum atomic E-state index is -0.439. The van der Waals surface area contributed by atoms with Crippen molar-refractivity contribution < 1.29 is 14.6 Å². The Morgan fingerprint density at radius 1 is 1.39 bits per heavy atom. The first-order valence-corrected chi connectivity index (χ1v) is 8.50. The number of nitrogens with one attached hydrogen (secondary N) is 2. The maximum Gasteiger partial charge on any atom is 0.237 e. The Kier molecular flexibility index (Phi) is 5.21. The van der Waals surface area contributed by atoms with Crippen LogP contribution >= 0.6 is 11.6 Å². The molecule has 2 atom stereocenters. The topological polar surface area (TPSA) is 70.6 Å². The van der Waals surface area contributed by atoms with Crippen molar-refractivity contribution in [3.63, 3.8) is 0 Å². The molecule has 2 fully saturated rings. The molecule has 1 aromatic rings. The maximum absolute atomic E-state index is 12.3. The molecule has 3 rings (SSSR count). The molecule has 0 bridgehead atoms. The molecule has 0 spiro atoms. The van der Waals surface area contributed by atoms with E-state index in [0.29, 0.717) is 32.7 Å². The molecule has 3 N–H and O–H groups in total. The first kappa shape index (κ1) is 16.7. The van der Waals surface area contributed by atoms with E-state index >= 15 is 0 Å². The van der Waals surface area contributed by atoms with Crippen LogP contribution in [0.3, 0.4) is 0 Å². The van der Waals surface area contributed by atoms with Gasteiger partial charge in [0.15, 0.2) is 0 Å². The number of rotatable bonds is 4. The first-order valence-electron chi connectivity index (χ1n) is 8.13. The summed E-state index contributed by atoms with van der Waals surface area (Å²) in [7, 11) is 0. The molecule has 2 aliphatic heterocycles. The quantitative estimate of drug-likeness (QED) is 0.772. The lowest BCUT2D eigenvalue weighted by Crippen LogP contribution is -2.48. The number of hydrogen-bond donors (Lipinski definition) is 3. The summed E-state index contributed by atoms with van der Waals surface area (Å²) in [5.74, 6) is -0.0560. The van der Waals surface area contributed by atoms with E-state index in [0.717, 1.165) is 23.4 Å². The van der Waals surface area contributed by atoms with Gasteiger partial charge >= 0.3 is 0 Å². The van der Waals surface area contributed by atoms with Crippen molar-refractivity contribution in [3.05, 3.63) is 34.9 Å². The average Bonchev–Trinajstić information content (AvgIpc) is 3.00. The van der Waals surface area contributed by atoms with Crippen LogP contribution in [0.2, 0.25) is 5.02 Å². The standard InChI is InChI=1S/C17H23ClN2O3/c18-14-4-2-1-3-13(14)17(5-7-23-8-6-17)11-20-16(22)15-9-12(21)10-19-15/h1-4,12,15,19,21H,5-11H2,(H,20,22). The second kappa shape index (κ2) is 7.18. The van der Waals surface area contributed by atoms with Gasteiger partial charge in [0, 0.05) is 36.7 Å². The zero-order chi connectivity index (χ0) is 16.3. The third-order valence-electron chi connectivity index (χ3n) is 4.92. The van der Waals surface area contributed by atoms with E-state index in [1.54, 1.807) is 0 Å². The van der Waals surface area contributed by atoms with Crippen LogP contribution in [-0.2, 0) is 14.9 Å². The summed E-state index contributed by atoms with van der Waals surface area (Å²) >= 11 is 6.41. The van der Waals surface area contributed by atoms with Gasteiger partial charge in [-0.15, -0.1) is 0 Å². The van der Waals surface area contributed by atoms with E-state index in [4.69, 9.17) is 16.3 Å². The fourth-order valence-electron chi connectivity index (χ4n) is 3.49. The van der Waals surface area contributed by atoms with Crippen LogP contribution in [-0.4, -0.2) is 49.5 Å². The van der Waals surface area contributed by atoms with Crippen molar-refractivity contribution >= 4 is 17.5 Å². The first-order chi connectivity index (χ1) is 11.1. The Morgan fingerprint density at radius 3 is 2.78 bits per heavy atom. The van der Waals surface area contributed by atoms with Crippen LogP contribution in [0.5, 0.6) is 0 Å². The number of carbonyl (C=O) groups is 1. The number of aliphatic hydroxyl groups is 1. The molecule has 2 heterocycles. The monoisotopic (exact) mass is 338 g/mol. The molecule has 2 aliphatic rings. The highest BCUT2D eigenvalue weighted by molar-refractivity contribution is 6.31. The zero-order valence-corrected chi connectivity index (χ0v) is 13.8. The van der Waals surface area contributed by atoms with Gasteiger partial charge in [-0.2, -0.15) is 0 Å². The number of carbonyl (C=O) groups excluding carboxylic acids is 1. The van der Waals surface area contributed by atoms with Gasteiger partial charge in [0.25, 0.3) is 0 Å². The molecular weight excluding hydrogens is 316 g/mol. The Hall–Kier alpha value is -1.14. The summed E-state index contributed by atoms with van der Waals surface area (Å²) in [5.41, 5.74) is 0.883. The normalized spacial score (nSPS) is 26.9. The number of ether oxygens (including phenoxy) is 1. The van der Waals surface area contributed by atoms with Crippen molar-refractivity contribution in [1.29, 1.82) is 0 Å². The van der Waals surface area contributed by atoms with Crippen molar-refractivity contribution in [2.75, 3.05) is 26.3 Å². The minimum absolute atomic E-state index is 0.0560. The molecular formula is C17H23ClN2O3. The Morgan fingerprint density at radius 2 is 2.13 bits per heavy atom. The molecule has 23 heavy (non-hydrogen) atoms. The van der Waals surface area contributed by atoms with Gasteiger partial charge in [-0.3, -0.25) is 4.79 Å². The Balaban J connectivity index is 1.72. The minimum Gasteiger partial charge on any atom is -0.392 e. The molecule has 0 aromatic heterocycles. The van der Waals surface area contributed by atoms with E-state index in [1.807, 2.05) is 24.3 Å². The van der Waals surface area contributed by atoms with Crippen LogP contribution in [0, 0.1) is 0 Å². The van der Waals surface area contributed by atoms with Crippen molar-refractivity contribution in [3.8, 4) is 0 Å². The second-order valence-electron chi connectivity index (χ2n) is 6.44. The summed E-state index contributed by atoms with van der Waals surface area (Å²) in [4.78, 5) is 12.3. The number of β-amino-alcohol motifs (C(OH)–C–C–N with tert-alkyl or cyclic N) is 1. The van der Waals surface area contributed by atoms with E-state index in [9.17, 15) is 9.90 Å². The molecule has 6 heteroatoms. The second-order valence-corrected chi connectivity index (χ2v) is 6.85. The van der Waals surface area contributed by atoms with Crippen LogP contribution in [0.25, 0.3) is 0 Å². The molecule has 1 amide bonds. The lowest BCUT2D eigenvalue weighted by molar-refractivity contribution is -0.123. The zero-order valence-electron chi connectivity index (χ0n) is 13.1. The van der Waals surface area contributed by atoms with E-state index in [1.165, 1.54) is 0 Å². The molecule has 2 unspecified atom stereocenters. The molecule has 0 saturated carbocycles. The van der Waals surface area contributed by atoms with Gasteiger partial charge in [0.1, 0.15) is 0 Å². The maximum atomic E-state index is 12.3. The van der Waals surface area contributed by atoms with E-state index < -0.39 is 6.10 Å². The fourth-order valence-corrected chi connectivity index (χ4v) is 3.83. The highest BCUT2D eigenvalue weighted by Gasteiger charge is 2.37. The lowest BCUT2D eigenvalue weighted by atomic mass is 9.74. The van der Waals surface area contributed by atoms with Gasteiger partial charge in [-0.25, -0.2) is 0 Å². The predicted octanol–water partition coefficient (Wildman–Crippen LogP) is 1.23. The van der Waals surface area contributed by atoms with Crippen molar-refractivity contribution in [2.24, 2.45) is 0 Å². The predicted molar refractivity (Wildman–Crippen MR) is 88.6 cm³/mol. The molecule has 1 aromatic carbocycles.